The minimum absolute atomic E-state index is 0.100. The summed E-state index contributed by atoms with van der Waals surface area (Å²) in [6.45, 7) is 12.1. The second-order valence-electron chi connectivity index (χ2n) is 7.85. The number of rotatable bonds is 7. The molecule has 1 saturated heterocycles. The second-order valence-corrected chi connectivity index (χ2v) is 7.85. The molecule has 0 saturated carbocycles. The van der Waals surface area contributed by atoms with Crippen molar-refractivity contribution in [3.63, 3.8) is 0 Å². The molecule has 5 heteroatoms. The molecule has 0 atom stereocenters. The average Bonchev–Trinajstić information content (AvgIpc) is 2.65. The van der Waals surface area contributed by atoms with Crippen LogP contribution in [-0.4, -0.2) is 43.0 Å². The number of likely N-dealkylation sites (N-methyl/N-ethyl adjacent to an activating group) is 1. The summed E-state index contributed by atoms with van der Waals surface area (Å²) in [7, 11) is 2.17. The van der Waals surface area contributed by atoms with E-state index >= 15 is 0 Å². The monoisotopic (exact) mass is 383 g/mol. The lowest BCUT2D eigenvalue weighted by atomic mass is 9.98. The van der Waals surface area contributed by atoms with Crippen molar-refractivity contribution in [3.05, 3.63) is 75.0 Å². The molecule has 1 fully saturated rings. The Morgan fingerprint density at radius 3 is 2.25 bits per heavy atom. The number of hydrogen-bond donors (Lipinski definition) is 0. The highest BCUT2D eigenvalue weighted by molar-refractivity contribution is 5.48. The quantitative estimate of drug-likeness (QED) is 0.389. The van der Waals surface area contributed by atoms with Crippen LogP contribution in [0.4, 0.5) is 5.69 Å². The smallest absolute Gasteiger partial charge is 0.268 e. The Morgan fingerprint density at radius 2 is 1.75 bits per heavy atom. The highest BCUT2D eigenvalue weighted by atomic mass is 16.6. The summed E-state index contributed by atoms with van der Waals surface area (Å²) in [4.78, 5) is 15.8. The zero-order valence-electron chi connectivity index (χ0n) is 17.8. The van der Waals surface area contributed by atoms with Crippen LogP contribution in [-0.2, 0) is 6.42 Å². The summed E-state index contributed by atoms with van der Waals surface area (Å²) >= 11 is 0. The van der Waals surface area contributed by atoms with E-state index in [4.69, 9.17) is 0 Å². The van der Waals surface area contributed by atoms with Gasteiger partial charge < -0.3 is 9.80 Å². The largest absolute Gasteiger partial charge is 0.369 e. The minimum Gasteiger partial charge on any atom is -0.369 e. The van der Waals surface area contributed by atoms with Crippen LogP contribution in [0, 0.1) is 16.0 Å². The normalized spacial score (nSPS) is 17.4. The Bertz CT molecular complexity index is 753. The molecule has 0 aliphatic carbocycles. The van der Waals surface area contributed by atoms with Gasteiger partial charge in [-0.1, -0.05) is 43.7 Å². The molecule has 1 aliphatic rings. The molecule has 1 heterocycles. The molecule has 0 aromatic heterocycles. The Morgan fingerprint density at radius 1 is 1.14 bits per heavy atom. The molecule has 5 nitrogen and oxygen atoms in total. The van der Waals surface area contributed by atoms with Crippen molar-refractivity contribution < 1.29 is 4.92 Å². The Labute approximate surface area is 169 Å². The molecule has 1 aliphatic heterocycles. The number of benzene rings is 1. The third-order valence-electron chi connectivity index (χ3n) is 5.22. The van der Waals surface area contributed by atoms with Crippen LogP contribution in [0.2, 0.25) is 0 Å². The van der Waals surface area contributed by atoms with E-state index in [9.17, 15) is 10.1 Å². The first-order valence-electron chi connectivity index (χ1n) is 10.0. The first-order valence-corrected chi connectivity index (χ1v) is 10.0. The van der Waals surface area contributed by atoms with E-state index in [1.54, 1.807) is 13.0 Å². The first-order chi connectivity index (χ1) is 13.3. The molecule has 28 heavy (non-hydrogen) atoms. The average molecular weight is 384 g/mol. The molecular weight excluding hydrogens is 350 g/mol. The van der Waals surface area contributed by atoms with E-state index in [1.165, 1.54) is 16.8 Å². The van der Waals surface area contributed by atoms with Gasteiger partial charge in [0.1, 0.15) is 0 Å². The third kappa shape index (κ3) is 6.06. The van der Waals surface area contributed by atoms with Gasteiger partial charge in [0.2, 0.25) is 0 Å². The van der Waals surface area contributed by atoms with Gasteiger partial charge in [0.05, 0.1) is 4.92 Å². The van der Waals surface area contributed by atoms with E-state index in [-0.39, 0.29) is 16.5 Å². The minimum atomic E-state index is -0.300. The van der Waals surface area contributed by atoms with Crippen molar-refractivity contribution in [2.45, 2.75) is 34.1 Å². The lowest BCUT2D eigenvalue weighted by Crippen LogP contribution is -2.44. The zero-order valence-corrected chi connectivity index (χ0v) is 17.8. The number of nitrogens with zero attached hydrogens (tertiary/aromatic N) is 3. The van der Waals surface area contributed by atoms with Crippen molar-refractivity contribution in [2.75, 3.05) is 38.1 Å². The molecule has 0 amide bonds. The fourth-order valence-corrected chi connectivity index (χ4v) is 3.45. The van der Waals surface area contributed by atoms with Crippen LogP contribution >= 0.6 is 0 Å². The summed E-state index contributed by atoms with van der Waals surface area (Å²) in [6.07, 6.45) is 6.33. The molecular formula is C23H33N3O2. The van der Waals surface area contributed by atoms with Gasteiger partial charge in [0.15, 0.2) is 0 Å². The van der Waals surface area contributed by atoms with Crippen molar-refractivity contribution in [1.29, 1.82) is 0 Å². The highest BCUT2D eigenvalue weighted by Crippen LogP contribution is 2.22. The molecule has 2 rings (SSSR count). The van der Waals surface area contributed by atoms with E-state index < -0.39 is 0 Å². The SMILES string of the molecule is C\C=C(/C(=C\C=C(/C)Cc1ccc(N2CCN(C)CC2)cc1)C(C)C)[N+](=O)[O-]. The van der Waals surface area contributed by atoms with Crippen LogP contribution in [0.1, 0.15) is 33.3 Å². The van der Waals surface area contributed by atoms with Crippen LogP contribution in [0.15, 0.2) is 59.3 Å². The molecule has 1 aromatic rings. The number of anilines is 1. The van der Waals surface area contributed by atoms with Crippen LogP contribution in [0.25, 0.3) is 0 Å². The fourth-order valence-electron chi connectivity index (χ4n) is 3.45. The van der Waals surface area contributed by atoms with Gasteiger partial charge in [-0.3, -0.25) is 10.1 Å². The number of hydrogen-bond acceptors (Lipinski definition) is 4. The maximum absolute atomic E-state index is 11.3. The van der Waals surface area contributed by atoms with Crippen molar-refractivity contribution in [2.24, 2.45) is 5.92 Å². The van der Waals surface area contributed by atoms with Gasteiger partial charge in [-0.2, -0.15) is 0 Å². The summed E-state index contributed by atoms with van der Waals surface area (Å²) < 4.78 is 0. The molecule has 0 unspecified atom stereocenters. The lowest BCUT2D eigenvalue weighted by molar-refractivity contribution is -0.421. The maximum Gasteiger partial charge on any atom is 0.268 e. The second kappa shape index (κ2) is 10.2. The maximum atomic E-state index is 11.3. The van der Waals surface area contributed by atoms with Gasteiger partial charge in [-0.05, 0) is 57.0 Å². The third-order valence-corrected chi connectivity index (χ3v) is 5.22. The van der Waals surface area contributed by atoms with E-state index in [0.717, 1.165) is 38.2 Å². The van der Waals surface area contributed by atoms with E-state index in [2.05, 4.69) is 48.0 Å². The van der Waals surface area contributed by atoms with E-state index in [1.807, 2.05) is 26.0 Å². The molecule has 152 valence electrons. The van der Waals surface area contributed by atoms with Gasteiger partial charge >= 0.3 is 0 Å². The summed E-state index contributed by atoms with van der Waals surface area (Å²) in [6, 6.07) is 8.78. The van der Waals surface area contributed by atoms with Gasteiger partial charge in [0, 0.05) is 37.4 Å². The Balaban J connectivity index is 2.06. The van der Waals surface area contributed by atoms with Crippen molar-refractivity contribution in [3.8, 4) is 0 Å². The summed E-state index contributed by atoms with van der Waals surface area (Å²) in [5, 5.41) is 11.3. The Kier molecular flexibility index (Phi) is 8.00. The molecule has 0 spiro atoms. The van der Waals surface area contributed by atoms with Gasteiger partial charge in [-0.15, -0.1) is 0 Å². The van der Waals surface area contributed by atoms with Crippen LogP contribution in [0.5, 0.6) is 0 Å². The molecule has 0 radical (unpaired) electrons. The fraction of sp³-hybridized carbons (Fsp3) is 0.478. The number of nitro groups is 1. The van der Waals surface area contributed by atoms with Gasteiger partial charge in [-0.25, -0.2) is 0 Å². The topological polar surface area (TPSA) is 49.6 Å². The van der Waals surface area contributed by atoms with E-state index in [0.29, 0.717) is 0 Å². The predicted octanol–water partition coefficient (Wildman–Crippen LogP) is 4.69. The first kappa shape index (κ1) is 21.9. The highest BCUT2D eigenvalue weighted by Gasteiger charge is 2.18. The number of allylic oxidation sites excluding steroid dienone is 5. The molecule has 0 N–H and O–H groups in total. The Hall–Kier alpha value is -2.40. The molecule has 1 aromatic carbocycles. The standard InChI is InChI=1S/C23H33N3O2/c1-6-23(26(27)28)22(18(2)3)12-7-19(4)17-20-8-10-21(11-9-20)25-15-13-24(5)14-16-25/h6-12,18H,13-17H2,1-5H3/b19-7+,22-12-,23-6+. The lowest BCUT2D eigenvalue weighted by Gasteiger charge is -2.34. The summed E-state index contributed by atoms with van der Waals surface area (Å²) in [5.41, 5.74) is 4.67. The van der Waals surface area contributed by atoms with Gasteiger partial charge in [0.25, 0.3) is 5.70 Å². The number of piperazine rings is 1. The van der Waals surface area contributed by atoms with Crippen molar-refractivity contribution in [1.82, 2.24) is 4.90 Å². The summed E-state index contributed by atoms with van der Waals surface area (Å²) in [5.74, 6) is 0.100. The zero-order chi connectivity index (χ0) is 20.7. The van der Waals surface area contributed by atoms with Crippen LogP contribution in [0.3, 0.4) is 0 Å². The van der Waals surface area contributed by atoms with Crippen LogP contribution < -0.4 is 4.90 Å². The molecule has 0 bridgehead atoms. The predicted molar refractivity (Wildman–Crippen MR) is 117 cm³/mol. The van der Waals surface area contributed by atoms with Crippen molar-refractivity contribution >= 4 is 5.69 Å².